The van der Waals surface area contributed by atoms with Crippen LogP contribution in [0.2, 0.25) is 5.02 Å². The molecular weight excluding hydrogens is 334 g/mol. The molecule has 0 saturated heterocycles. The van der Waals surface area contributed by atoms with Gasteiger partial charge in [-0.2, -0.15) is 0 Å². The van der Waals surface area contributed by atoms with E-state index in [1.54, 1.807) is 30.0 Å². The Labute approximate surface area is 141 Å². The Kier molecular flexibility index (Phi) is 4.59. The topological polar surface area (TPSA) is 72.7 Å². The fraction of sp³-hybridized carbons (Fsp3) is 0.0667. The molecule has 6 nitrogen and oxygen atoms in total. The van der Waals surface area contributed by atoms with Gasteiger partial charge in [-0.1, -0.05) is 17.7 Å². The number of nitrogens with zero attached hydrogens (tertiary/aromatic N) is 4. The quantitative estimate of drug-likeness (QED) is 0.734. The van der Waals surface area contributed by atoms with Crippen LogP contribution in [0.25, 0.3) is 5.69 Å². The van der Waals surface area contributed by atoms with Crippen molar-refractivity contribution in [2.24, 2.45) is 0 Å². The van der Waals surface area contributed by atoms with Crippen molar-refractivity contribution in [3.05, 3.63) is 59.4 Å². The second-order valence-corrected chi connectivity index (χ2v) is 5.89. The Balaban J connectivity index is 1.88. The van der Waals surface area contributed by atoms with Gasteiger partial charge >= 0.3 is 0 Å². The lowest BCUT2D eigenvalue weighted by molar-refractivity contribution is 0.102. The minimum atomic E-state index is -0.289. The molecule has 1 heterocycles. The molecule has 1 aromatic heterocycles. The Morgan fingerprint density at radius 1 is 1.26 bits per heavy atom. The van der Waals surface area contributed by atoms with Gasteiger partial charge in [-0.15, -0.1) is 16.9 Å². The first kappa shape index (κ1) is 15.5. The van der Waals surface area contributed by atoms with E-state index in [1.165, 1.54) is 11.0 Å². The fourth-order valence-electron chi connectivity index (χ4n) is 2.01. The molecule has 116 valence electrons. The maximum Gasteiger partial charge on any atom is 0.257 e. The van der Waals surface area contributed by atoms with E-state index in [1.807, 2.05) is 30.5 Å². The number of thioether (sulfide) groups is 1. The number of hydrogen-bond acceptors (Lipinski definition) is 5. The van der Waals surface area contributed by atoms with E-state index in [-0.39, 0.29) is 5.91 Å². The molecular formula is C15H12ClN5OS. The summed E-state index contributed by atoms with van der Waals surface area (Å²) in [5, 5.41) is 14.2. The summed E-state index contributed by atoms with van der Waals surface area (Å²) < 4.78 is 1.46. The molecule has 0 radical (unpaired) electrons. The largest absolute Gasteiger partial charge is 0.322 e. The summed E-state index contributed by atoms with van der Waals surface area (Å²) in [6.45, 7) is 0. The third-order valence-electron chi connectivity index (χ3n) is 3.14. The van der Waals surface area contributed by atoms with E-state index in [2.05, 4.69) is 20.8 Å². The molecule has 0 aliphatic carbocycles. The van der Waals surface area contributed by atoms with Gasteiger partial charge in [-0.25, -0.2) is 4.68 Å². The lowest BCUT2D eigenvalue weighted by Crippen LogP contribution is -2.13. The molecule has 3 rings (SSSR count). The number of aromatic nitrogens is 4. The molecule has 0 bridgehead atoms. The molecule has 0 fully saturated rings. The first-order valence-corrected chi connectivity index (χ1v) is 8.26. The maximum atomic E-state index is 12.5. The van der Waals surface area contributed by atoms with Crippen LogP contribution in [0, 0.1) is 0 Å². The highest BCUT2D eigenvalue weighted by Crippen LogP contribution is 2.23. The monoisotopic (exact) mass is 345 g/mol. The van der Waals surface area contributed by atoms with Crippen molar-refractivity contribution in [1.82, 2.24) is 20.2 Å². The minimum absolute atomic E-state index is 0.289. The van der Waals surface area contributed by atoms with Gasteiger partial charge in [0.1, 0.15) is 6.33 Å². The summed E-state index contributed by atoms with van der Waals surface area (Å²) in [5.74, 6) is -0.289. The van der Waals surface area contributed by atoms with Crippen molar-refractivity contribution < 1.29 is 4.79 Å². The average molecular weight is 346 g/mol. The predicted octanol–water partition coefficient (Wildman–Crippen LogP) is 3.29. The summed E-state index contributed by atoms with van der Waals surface area (Å²) in [6.07, 6.45) is 3.43. The molecule has 1 N–H and O–H groups in total. The van der Waals surface area contributed by atoms with E-state index in [4.69, 9.17) is 11.6 Å². The Bertz CT molecular complexity index is 838. The highest BCUT2D eigenvalue weighted by molar-refractivity contribution is 7.98. The lowest BCUT2D eigenvalue weighted by Gasteiger charge is -2.09. The summed E-state index contributed by atoms with van der Waals surface area (Å²) >= 11 is 7.76. The van der Waals surface area contributed by atoms with Gasteiger partial charge < -0.3 is 5.32 Å². The second kappa shape index (κ2) is 6.80. The summed E-state index contributed by atoms with van der Waals surface area (Å²) in [4.78, 5) is 13.6. The summed E-state index contributed by atoms with van der Waals surface area (Å²) in [7, 11) is 0. The van der Waals surface area contributed by atoms with Crippen molar-refractivity contribution in [1.29, 1.82) is 0 Å². The normalized spacial score (nSPS) is 10.5. The average Bonchev–Trinajstić information content (AvgIpc) is 3.10. The van der Waals surface area contributed by atoms with E-state index < -0.39 is 0 Å². The van der Waals surface area contributed by atoms with Crippen LogP contribution in [0.15, 0.2) is 53.7 Å². The molecule has 8 heteroatoms. The number of anilines is 1. The number of nitrogens with one attached hydrogen (secondary N) is 1. The zero-order chi connectivity index (χ0) is 16.2. The van der Waals surface area contributed by atoms with Crippen LogP contribution in [-0.4, -0.2) is 32.4 Å². The van der Waals surface area contributed by atoms with Gasteiger partial charge in [0, 0.05) is 10.6 Å². The number of carbonyl (C=O) groups excluding carboxylic acids is 1. The number of amides is 1. The lowest BCUT2D eigenvalue weighted by atomic mass is 10.1. The summed E-state index contributed by atoms with van der Waals surface area (Å²) in [5.41, 5.74) is 1.72. The van der Waals surface area contributed by atoms with Crippen molar-refractivity contribution in [3.8, 4) is 5.69 Å². The number of tetrazole rings is 1. The predicted molar refractivity (Wildman–Crippen MR) is 90.3 cm³/mol. The van der Waals surface area contributed by atoms with Crippen LogP contribution in [0.5, 0.6) is 0 Å². The van der Waals surface area contributed by atoms with Crippen molar-refractivity contribution in [3.63, 3.8) is 0 Å². The molecule has 0 saturated carbocycles. The fourth-order valence-corrected chi connectivity index (χ4v) is 2.67. The van der Waals surface area contributed by atoms with Gasteiger partial charge in [-0.3, -0.25) is 4.79 Å². The van der Waals surface area contributed by atoms with Crippen molar-refractivity contribution >= 4 is 35.0 Å². The Hall–Kier alpha value is -2.38. The van der Waals surface area contributed by atoms with E-state index in [9.17, 15) is 4.79 Å². The molecule has 0 aliphatic rings. The molecule has 0 unspecified atom stereocenters. The molecule has 0 aliphatic heterocycles. The number of benzene rings is 2. The Morgan fingerprint density at radius 2 is 2.13 bits per heavy atom. The van der Waals surface area contributed by atoms with Gasteiger partial charge in [0.15, 0.2) is 0 Å². The van der Waals surface area contributed by atoms with Gasteiger partial charge in [-0.05, 0) is 53.1 Å². The van der Waals surface area contributed by atoms with Crippen LogP contribution in [0.1, 0.15) is 10.4 Å². The van der Waals surface area contributed by atoms with Crippen LogP contribution >= 0.6 is 23.4 Å². The van der Waals surface area contributed by atoms with Crippen LogP contribution in [-0.2, 0) is 0 Å². The Morgan fingerprint density at radius 3 is 2.87 bits per heavy atom. The van der Waals surface area contributed by atoms with E-state index in [0.717, 1.165) is 4.90 Å². The van der Waals surface area contributed by atoms with Crippen LogP contribution in [0.3, 0.4) is 0 Å². The highest BCUT2D eigenvalue weighted by Gasteiger charge is 2.13. The number of hydrogen-bond donors (Lipinski definition) is 1. The van der Waals surface area contributed by atoms with Crippen LogP contribution in [0.4, 0.5) is 5.69 Å². The number of halogens is 1. The van der Waals surface area contributed by atoms with Gasteiger partial charge in [0.25, 0.3) is 5.91 Å². The second-order valence-electron chi connectivity index (χ2n) is 4.60. The van der Waals surface area contributed by atoms with Crippen molar-refractivity contribution in [2.45, 2.75) is 4.90 Å². The zero-order valence-electron chi connectivity index (χ0n) is 12.1. The molecule has 23 heavy (non-hydrogen) atoms. The standard InChI is InChI=1S/C15H12ClN5OS/c1-23-12-4-2-3-10(7-12)18-15(22)13-8-11(5-6-14(13)16)21-9-17-19-20-21/h2-9H,1H3,(H,18,22). The third kappa shape index (κ3) is 3.52. The first-order valence-electron chi connectivity index (χ1n) is 6.65. The number of carbonyl (C=O) groups is 1. The van der Waals surface area contributed by atoms with E-state index in [0.29, 0.717) is 22.0 Å². The smallest absolute Gasteiger partial charge is 0.257 e. The van der Waals surface area contributed by atoms with Gasteiger partial charge in [0.2, 0.25) is 0 Å². The van der Waals surface area contributed by atoms with E-state index >= 15 is 0 Å². The molecule has 2 aromatic carbocycles. The van der Waals surface area contributed by atoms with Crippen LogP contribution < -0.4 is 5.32 Å². The van der Waals surface area contributed by atoms with Gasteiger partial charge in [0.05, 0.1) is 16.3 Å². The molecule has 0 atom stereocenters. The highest BCUT2D eigenvalue weighted by atomic mass is 35.5. The molecule has 1 amide bonds. The SMILES string of the molecule is CSc1cccc(NC(=O)c2cc(-n3cnnn3)ccc2Cl)c1. The van der Waals surface area contributed by atoms with Crippen molar-refractivity contribution in [2.75, 3.05) is 11.6 Å². The first-order chi connectivity index (χ1) is 11.2. The zero-order valence-corrected chi connectivity index (χ0v) is 13.7. The molecule has 0 spiro atoms. The number of rotatable bonds is 4. The molecule has 3 aromatic rings. The third-order valence-corrected chi connectivity index (χ3v) is 4.19. The minimum Gasteiger partial charge on any atom is -0.322 e. The summed E-state index contributed by atoms with van der Waals surface area (Å²) in [6, 6.07) is 12.6. The maximum absolute atomic E-state index is 12.5.